The van der Waals surface area contributed by atoms with Crippen LogP contribution in [-0.2, 0) is 0 Å². The number of nitrogens with one attached hydrogen (secondary N) is 1. The van der Waals surface area contributed by atoms with E-state index in [-0.39, 0.29) is 6.03 Å². The number of aliphatic hydroxyl groups is 1. The van der Waals surface area contributed by atoms with E-state index in [2.05, 4.69) is 5.32 Å². The summed E-state index contributed by atoms with van der Waals surface area (Å²) in [6, 6.07) is 0.263. The van der Waals surface area contributed by atoms with E-state index in [1.165, 1.54) is 25.7 Å². The Hall–Kier alpha value is -0.770. The Labute approximate surface area is 98.0 Å². The van der Waals surface area contributed by atoms with Crippen molar-refractivity contribution < 1.29 is 9.90 Å². The molecule has 0 aliphatic heterocycles. The molecule has 4 nitrogen and oxygen atoms in total. The highest BCUT2D eigenvalue weighted by atomic mass is 16.3. The van der Waals surface area contributed by atoms with E-state index in [4.69, 9.17) is 0 Å². The Kier molecular flexibility index (Phi) is 5.60. The average molecular weight is 228 g/mol. The van der Waals surface area contributed by atoms with Crippen molar-refractivity contribution in [1.82, 2.24) is 10.2 Å². The Bertz CT molecular complexity index is 211. The van der Waals surface area contributed by atoms with Crippen molar-refractivity contribution in [2.45, 2.75) is 57.6 Å². The third kappa shape index (κ3) is 4.84. The quantitative estimate of drug-likeness (QED) is 0.723. The molecule has 2 amide bonds. The number of amides is 2. The van der Waals surface area contributed by atoms with Crippen LogP contribution >= 0.6 is 0 Å². The van der Waals surface area contributed by atoms with Gasteiger partial charge in [0.1, 0.15) is 0 Å². The van der Waals surface area contributed by atoms with E-state index in [9.17, 15) is 9.90 Å². The van der Waals surface area contributed by atoms with E-state index in [1.54, 1.807) is 18.9 Å². The molecule has 0 radical (unpaired) electrons. The van der Waals surface area contributed by atoms with Gasteiger partial charge in [-0.05, 0) is 19.8 Å². The SMILES string of the molecule is CC(O)CN(C)C(=O)NC1CCCCCC1. The number of urea groups is 1. The second-order valence-corrected chi connectivity index (χ2v) is 4.87. The van der Waals surface area contributed by atoms with Crippen molar-refractivity contribution in [3.63, 3.8) is 0 Å². The van der Waals surface area contributed by atoms with Crippen LogP contribution in [0.25, 0.3) is 0 Å². The average Bonchev–Trinajstić information content (AvgIpc) is 2.45. The summed E-state index contributed by atoms with van der Waals surface area (Å²) in [5.41, 5.74) is 0. The van der Waals surface area contributed by atoms with E-state index in [1.807, 2.05) is 0 Å². The largest absolute Gasteiger partial charge is 0.392 e. The van der Waals surface area contributed by atoms with Crippen LogP contribution in [0.1, 0.15) is 45.4 Å². The van der Waals surface area contributed by atoms with Crippen molar-refractivity contribution >= 4 is 6.03 Å². The standard InChI is InChI=1S/C12H24N2O2/c1-10(15)9-14(2)12(16)13-11-7-5-3-4-6-8-11/h10-11,15H,3-9H2,1-2H3,(H,13,16). The summed E-state index contributed by atoms with van der Waals surface area (Å²) in [5, 5.41) is 12.2. The molecule has 0 spiro atoms. The predicted molar refractivity (Wildman–Crippen MR) is 64.3 cm³/mol. The zero-order chi connectivity index (χ0) is 12.0. The second-order valence-electron chi connectivity index (χ2n) is 4.87. The summed E-state index contributed by atoms with van der Waals surface area (Å²) < 4.78 is 0. The van der Waals surface area contributed by atoms with Crippen LogP contribution < -0.4 is 5.32 Å². The molecule has 1 fully saturated rings. The lowest BCUT2D eigenvalue weighted by molar-refractivity contribution is 0.142. The van der Waals surface area contributed by atoms with Crippen molar-refractivity contribution in [3.8, 4) is 0 Å². The van der Waals surface area contributed by atoms with Crippen LogP contribution in [0.5, 0.6) is 0 Å². The van der Waals surface area contributed by atoms with Gasteiger partial charge in [0, 0.05) is 19.6 Å². The minimum absolute atomic E-state index is 0.0622. The fourth-order valence-corrected chi connectivity index (χ4v) is 2.19. The molecule has 0 bridgehead atoms. The maximum atomic E-state index is 11.8. The first-order valence-electron chi connectivity index (χ1n) is 6.29. The first kappa shape index (κ1) is 13.3. The molecule has 4 heteroatoms. The third-order valence-corrected chi connectivity index (χ3v) is 3.07. The minimum atomic E-state index is -0.468. The lowest BCUT2D eigenvalue weighted by atomic mass is 10.1. The lowest BCUT2D eigenvalue weighted by Crippen LogP contribution is -2.45. The monoisotopic (exact) mass is 228 g/mol. The molecule has 1 unspecified atom stereocenters. The highest BCUT2D eigenvalue weighted by Crippen LogP contribution is 2.17. The van der Waals surface area contributed by atoms with Gasteiger partial charge >= 0.3 is 6.03 Å². The molecule has 1 aliphatic rings. The molecule has 1 aliphatic carbocycles. The van der Waals surface area contributed by atoms with Crippen LogP contribution in [0.2, 0.25) is 0 Å². The smallest absolute Gasteiger partial charge is 0.317 e. The highest BCUT2D eigenvalue weighted by molar-refractivity contribution is 5.74. The van der Waals surface area contributed by atoms with E-state index >= 15 is 0 Å². The molecule has 1 atom stereocenters. The van der Waals surface area contributed by atoms with E-state index in [0.29, 0.717) is 12.6 Å². The minimum Gasteiger partial charge on any atom is -0.392 e. The van der Waals surface area contributed by atoms with Crippen LogP contribution in [-0.4, -0.2) is 41.8 Å². The summed E-state index contributed by atoms with van der Waals surface area (Å²) in [5.74, 6) is 0. The number of nitrogens with zero attached hydrogens (tertiary/aromatic N) is 1. The van der Waals surface area contributed by atoms with Gasteiger partial charge in [0.25, 0.3) is 0 Å². The van der Waals surface area contributed by atoms with E-state index in [0.717, 1.165) is 12.8 Å². The second kappa shape index (κ2) is 6.74. The Morgan fingerprint density at radius 2 is 1.94 bits per heavy atom. The Balaban J connectivity index is 2.31. The number of carbonyl (C=O) groups excluding carboxylic acids is 1. The van der Waals surface area contributed by atoms with Gasteiger partial charge in [-0.15, -0.1) is 0 Å². The predicted octanol–water partition coefficient (Wildman–Crippen LogP) is 1.73. The first-order valence-corrected chi connectivity index (χ1v) is 6.29. The normalized spacial score (nSPS) is 19.9. The van der Waals surface area contributed by atoms with Gasteiger partial charge in [-0.3, -0.25) is 0 Å². The molecule has 0 heterocycles. The van der Waals surface area contributed by atoms with Gasteiger partial charge < -0.3 is 15.3 Å². The Morgan fingerprint density at radius 3 is 2.44 bits per heavy atom. The Morgan fingerprint density at radius 1 is 1.38 bits per heavy atom. The fourth-order valence-electron chi connectivity index (χ4n) is 2.19. The van der Waals surface area contributed by atoms with Crippen molar-refractivity contribution in [1.29, 1.82) is 0 Å². The number of hydrogen-bond donors (Lipinski definition) is 2. The topological polar surface area (TPSA) is 52.6 Å². The van der Waals surface area contributed by atoms with Crippen LogP contribution in [0.4, 0.5) is 4.79 Å². The number of rotatable bonds is 3. The molecule has 16 heavy (non-hydrogen) atoms. The fraction of sp³-hybridized carbons (Fsp3) is 0.917. The zero-order valence-corrected chi connectivity index (χ0v) is 10.4. The lowest BCUT2D eigenvalue weighted by Gasteiger charge is -2.23. The molecule has 0 aromatic heterocycles. The zero-order valence-electron chi connectivity index (χ0n) is 10.4. The number of carbonyl (C=O) groups is 1. The van der Waals surface area contributed by atoms with Crippen LogP contribution in [0.3, 0.4) is 0 Å². The third-order valence-electron chi connectivity index (χ3n) is 3.07. The number of hydrogen-bond acceptors (Lipinski definition) is 2. The molecule has 0 aromatic carbocycles. The van der Waals surface area contributed by atoms with Crippen LogP contribution in [0.15, 0.2) is 0 Å². The number of aliphatic hydroxyl groups excluding tert-OH is 1. The molecular formula is C12H24N2O2. The summed E-state index contributed by atoms with van der Waals surface area (Å²) in [6.45, 7) is 2.08. The van der Waals surface area contributed by atoms with Gasteiger partial charge in [0.2, 0.25) is 0 Å². The molecular weight excluding hydrogens is 204 g/mol. The maximum Gasteiger partial charge on any atom is 0.317 e. The summed E-state index contributed by atoms with van der Waals surface area (Å²) >= 11 is 0. The maximum absolute atomic E-state index is 11.8. The van der Waals surface area contributed by atoms with Crippen molar-refractivity contribution in [2.75, 3.05) is 13.6 Å². The molecule has 0 aromatic rings. The number of likely N-dealkylation sites (N-methyl/N-ethyl adjacent to an activating group) is 1. The summed E-state index contributed by atoms with van der Waals surface area (Å²) in [6.07, 6.45) is 6.72. The molecule has 0 saturated heterocycles. The van der Waals surface area contributed by atoms with Crippen molar-refractivity contribution in [3.05, 3.63) is 0 Å². The molecule has 1 saturated carbocycles. The van der Waals surface area contributed by atoms with Gasteiger partial charge in [0.05, 0.1) is 6.10 Å². The highest BCUT2D eigenvalue weighted by Gasteiger charge is 2.17. The van der Waals surface area contributed by atoms with Gasteiger partial charge in [0.15, 0.2) is 0 Å². The molecule has 1 rings (SSSR count). The van der Waals surface area contributed by atoms with Gasteiger partial charge in [-0.2, -0.15) is 0 Å². The van der Waals surface area contributed by atoms with Crippen LogP contribution in [0, 0.1) is 0 Å². The first-order chi connectivity index (χ1) is 7.59. The molecule has 94 valence electrons. The van der Waals surface area contributed by atoms with Crippen molar-refractivity contribution in [2.24, 2.45) is 0 Å². The summed E-state index contributed by atoms with van der Waals surface area (Å²) in [7, 11) is 1.72. The van der Waals surface area contributed by atoms with Gasteiger partial charge in [-0.25, -0.2) is 4.79 Å². The summed E-state index contributed by atoms with van der Waals surface area (Å²) in [4.78, 5) is 13.3. The molecule has 2 N–H and O–H groups in total. The van der Waals surface area contributed by atoms with Gasteiger partial charge in [-0.1, -0.05) is 25.7 Å². The van der Waals surface area contributed by atoms with E-state index < -0.39 is 6.10 Å².